The topological polar surface area (TPSA) is 52.3 Å². The molecule has 2 unspecified atom stereocenters. The minimum atomic E-state index is -0.0196. The molecule has 2 atom stereocenters. The summed E-state index contributed by atoms with van der Waals surface area (Å²) in [6.45, 7) is 5.17. The molecule has 6 heteroatoms. The lowest BCUT2D eigenvalue weighted by atomic mass is 10.2. The van der Waals surface area contributed by atoms with E-state index in [1.807, 2.05) is 85.1 Å². The molecule has 1 aliphatic heterocycles. The summed E-state index contributed by atoms with van der Waals surface area (Å²) in [7, 11) is 1.98. The Morgan fingerprint density at radius 2 is 1.78 bits per heavy atom. The van der Waals surface area contributed by atoms with Crippen LogP contribution in [0, 0.1) is 0 Å². The van der Waals surface area contributed by atoms with Crippen molar-refractivity contribution in [3.8, 4) is 17.1 Å². The molecule has 1 aliphatic rings. The van der Waals surface area contributed by atoms with Gasteiger partial charge in [-0.3, -0.25) is 4.79 Å². The number of benzene rings is 1. The van der Waals surface area contributed by atoms with Gasteiger partial charge < -0.3 is 14.2 Å². The lowest BCUT2D eigenvalue weighted by Gasteiger charge is -2.35. The normalized spacial score (nSPS) is 20.0. The van der Waals surface area contributed by atoms with Crippen LogP contribution < -0.4 is 0 Å². The van der Waals surface area contributed by atoms with E-state index in [2.05, 4.69) is 0 Å². The molecule has 0 aliphatic carbocycles. The molecule has 1 fully saturated rings. The Kier molecular flexibility index (Phi) is 4.58. The van der Waals surface area contributed by atoms with E-state index in [1.165, 1.54) is 0 Å². The number of aromatic nitrogens is 3. The van der Waals surface area contributed by atoms with Gasteiger partial charge in [-0.1, -0.05) is 18.2 Å². The Morgan fingerprint density at radius 1 is 1.07 bits per heavy atom. The first-order chi connectivity index (χ1) is 13.0. The molecule has 3 heterocycles. The summed E-state index contributed by atoms with van der Waals surface area (Å²) in [6, 6.07) is 15.6. The minimum absolute atomic E-state index is 0.0196. The molecule has 4 rings (SSSR count). The zero-order chi connectivity index (χ0) is 19.0. The maximum atomic E-state index is 13.4. The van der Waals surface area contributed by atoms with Gasteiger partial charge in [0.1, 0.15) is 11.4 Å². The quantitative estimate of drug-likeness (QED) is 0.717. The molecular formula is C21H24N4O2. The number of hydrogen-bond donors (Lipinski definition) is 0. The Labute approximate surface area is 159 Å². The molecule has 27 heavy (non-hydrogen) atoms. The molecule has 1 amide bonds. The molecule has 0 N–H and O–H groups in total. The van der Waals surface area contributed by atoms with Crippen LogP contribution in [0.15, 0.2) is 54.7 Å². The number of para-hydroxylation sites is 1. The highest BCUT2D eigenvalue weighted by Crippen LogP contribution is 2.24. The first-order valence-electron chi connectivity index (χ1n) is 9.25. The molecule has 3 aromatic rings. The number of morpholine rings is 1. The van der Waals surface area contributed by atoms with Crippen LogP contribution in [0.5, 0.6) is 0 Å². The maximum Gasteiger partial charge on any atom is 0.272 e. The van der Waals surface area contributed by atoms with Gasteiger partial charge in [0.25, 0.3) is 5.91 Å². The summed E-state index contributed by atoms with van der Waals surface area (Å²) in [5, 5.41) is 4.75. The van der Waals surface area contributed by atoms with Gasteiger partial charge in [-0.2, -0.15) is 5.10 Å². The van der Waals surface area contributed by atoms with Gasteiger partial charge >= 0.3 is 0 Å². The molecule has 0 saturated carbocycles. The van der Waals surface area contributed by atoms with E-state index in [1.54, 1.807) is 4.68 Å². The van der Waals surface area contributed by atoms with Crippen molar-refractivity contribution in [2.45, 2.75) is 26.1 Å². The van der Waals surface area contributed by atoms with Gasteiger partial charge in [0, 0.05) is 26.3 Å². The molecule has 1 saturated heterocycles. The molecule has 0 radical (unpaired) electrons. The fourth-order valence-corrected chi connectivity index (χ4v) is 3.66. The number of aryl methyl sites for hydroxylation is 1. The van der Waals surface area contributed by atoms with Gasteiger partial charge in [-0.25, -0.2) is 4.68 Å². The second-order valence-electron chi connectivity index (χ2n) is 7.13. The highest BCUT2D eigenvalue weighted by atomic mass is 16.5. The summed E-state index contributed by atoms with van der Waals surface area (Å²) in [4.78, 5) is 15.2. The molecule has 2 aromatic heterocycles. The Balaban J connectivity index is 1.77. The van der Waals surface area contributed by atoms with Crippen LogP contribution in [-0.4, -0.2) is 50.5 Å². The standard InChI is InChI=1S/C21H24N4O2/c1-15-13-24(14-16(2)27-15)21(26)20-12-18(19-10-7-11-23(19)3)22-25(20)17-8-5-4-6-9-17/h4-12,15-16H,13-14H2,1-3H3. The predicted octanol–water partition coefficient (Wildman–Crippen LogP) is 3.13. The summed E-state index contributed by atoms with van der Waals surface area (Å²) >= 11 is 0. The van der Waals surface area contributed by atoms with Crippen LogP contribution in [0.2, 0.25) is 0 Å². The third-order valence-corrected chi connectivity index (χ3v) is 4.84. The van der Waals surface area contributed by atoms with Crippen molar-refractivity contribution < 1.29 is 9.53 Å². The van der Waals surface area contributed by atoms with E-state index in [-0.39, 0.29) is 18.1 Å². The zero-order valence-corrected chi connectivity index (χ0v) is 15.9. The number of nitrogens with zero attached hydrogens (tertiary/aromatic N) is 4. The highest BCUT2D eigenvalue weighted by molar-refractivity contribution is 5.94. The SMILES string of the molecule is CC1CN(C(=O)c2cc(-c3cccn3C)nn2-c2ccccc2)CC(C)O1. The predicted molar refractivity (Wildman–Crippen MR) is 104 cm³/mol. The van der Waals surface area contributed by atoms with E-state index < -0.39 is 0 Å². The van der Waals surface area contributed by atoms with Crippen LogP contribution in [0.25, 0.3) is 17.1 Å². The lowest BCUT2D eigenvalue weighted by Crippen LogP contribution is -2.48. The smallest absolute Gasteiger partial charge is 0.272 e. The number of ether oxygens (including phenoxy) is 1. The van der Waals surface area contributed by atoms with Crippen LogP contribution in [0.3, 0.4) is 0 Å². The van der Waals surface area contributed by atoms with Gasteiger partial charge in [-0.05, 0) is 44.2 Å². The van der Waals surface area contributed by atoms with E-state index in [9.17, 15) is 4.79 Å². The van der Waals surface area contributed by atoms with Crippen LogP contribution in [-0.2, 0) is 11.8 Å². The summed E-state index contributed by atoms with van der Waals surface area (Å²) in [5.74, 6) is -0.0196. The van der Waals surface area contributed by atoms with Gasteiger partial charge in [0.05, 0.1) is 23.6 Å². The van der Waals surface area contributed by atoms with Crippen molar-refractivity contribution in [3.63, 3.8) is 0 Å². The molecule has 6 nitrogen and oxygen atoms in total. The minimum Gasteiger partial charge on any atom is -0.372 e. The Hall–Kier alpha value is -2.86. The second kappa shape index (κ2) is 7.04. The van der Waals surface area contributed by atoms with Crippen LogP contribution in [0.4, 0.5) is 0 Å². The summed E-state index contributed by atoms with van der Waals surface area (Å²) in [6.07, 6.45) is 2.03. The van der Waals surface area contributed by atoms with Crippen LogP contribution in [0.1, 0.15) is 24.3 Å². The van der Waals surface area contributed by atoms with Crippen LogP contribution >= 0.6 is 0 Å². The van der Waals surface area contributed by atoms with Crippen molar-refractivity contribution in [1.82, 2.24) is 19.2 Å². The Morgan fingerprint density at radius 3 is 2.41 bits per heavy atom. The van der Waals surface area contributed by atoms with E-state index >= 15 is 0 Å². The zero-order valence-electron chi connectivity index (χ0n) is 15.9. The van der Waals surface area contributed by atoms with Crippen molar-refractivity contribution in [2.24, 2.45) is 7.05 Å². The van der Waals surface area contributed by atoms with Gasteiger partial charge in [-0.15, -0.1) is 0 Å². The van der Waals surface area contributed by atoms with Crippen molar-refractivity contribution in [3.05, 3.63) is 60.4 Å². The van der Waals surface area contributed by atoms with E-state index in [0.717, 1.165) is 17.1 Å². The lowest BCUT2D eigenvalue weighted by molar-refractivity contribution is -0.0588. The second-order valence-corrected chi connectivity index (χ2v) is 7.13. The van der Waals surface area contributed by atoms with Gasteiger partial charge in [0.2, 0.25) is 0 Å². The van der Waals surface area contributed by atoms with E-state index in [0.29, 0.717) is 18.8 Å². The third kappa shape index (κ3) is 3.40. The van der Waals surface area contributed by atoms with E-state index in [4.69, 9.17) is 9.84 Å². The molecule has 0 bridgehead atoms. The van der Waals surface area contributed by atoms with Crippen molar-refractivity contribution in [1.29, 1.82) is 0 Å². The largest absolute Gasteiger partial charge is 0.372 e. The average molecular weight is 364 g/mol. The first kappa shape index (κ1) is 17.5. The monoisotopic (exact) mass is 364 g/mol. The Bertz CT molecular complexity index is 934. The van der Waals surface area contributed by atoms with Gasteiger partial charge in [0.15, 0.2) is 0 Å². The highest BCUT2D eigenvalue weighted by Gasteiger charge is 2.29. The molecule has 0 spiro atoms. The molecule has 1 aromatic carbocycles. The average Bonchev–Trinajstić information content (AvgIpc) is 3.27. The fraction of sp³-hybridized carbons (Fsp3) is 0.333. The van der Waals surface area contributed by atoms with Crippen molar-refractivity contribution >= 4 is 5.91 Å². The number of carbonyl (C=O) groups is 1. The number of amides is 1. The number of hydrogen-bond acceptors (Lipinski definition) is 3. The molecular weight excluding hydrogens is 340 g/mol. The number of carbonyl (C=O) groups excluding carboxylic acids is 1. The summed E-state index contributed by atoms with van der Waals surface area (Å²) in [5.41, 5.74) is 3.20. The third-order valence-electron chi connectivity index (χ3n) is 4.84. The summed E-state index contributed by atoms with van der Waals surface area (Å²) < 4.78 is 9.53. The fourth-order valence-electron chi connectivity index (χ4n) is 3.66. The maximum absolute atomic E-state index is 13.4. The molecule has 140 valence electrons. The van der Waals surface area contributed by atoms with Crippen molar-refractivity contribution in [2.75, 3.05) is 13.1 Å². The first-order valence-corrected chi connectivity index (χ1v) is 9.25. The number of rotatable bonds is 3.